The number of amides is 2. The van der Waals surface area contributed by atoms with Gasteiger partial charge in [0.2, 0.25) is 5.91 Å². The Hall–Kier alpha value is -3.29. The highest BCUT2D eigenvalue weighted by atomic mass is 16.2. The van der Waals surface area contributed by atoms with Gasteiger partial charge in [-0.2, -0.15) is 5.10 Å². The molecule has 0 saturated heterocycles. The number of anilines is 1. The number of hydrogen-bond donors (Lipinski definition) is 3. The Balaban J connectivity index is 1.71. The first-order chi connectivity index (χ1) is 10.6. The number of aromatic amines is 1. The minimum Gasteiger partial charge on any atom is -0.320 e. The lowest BCUT2D eigenvalue weighted by molar-refractivity contribution is -0.120. The topological polar surface area (TPSA) is 116 Å². The maximum absolute atomic E-state index is 11.8. The summed E-state index contributed by atoms with van der Waals surface area (Å²) in [6.07, 6.45) is 2.70. The third-order valence-corrected chi connectivity index (χ3v) is 3.03. The molecule has 110 valence electrons. The van der Waals surface area contributed by atoms with Crippen molar-refractivity contribution in [2.45, 2.75) is 6.42 Å². The number of benzene rings is 1. The van der Waals surface area contributed by atoms with Gasteiger partial charge in [-0.1, -0.05) is 18.2 Å². The summed E-state index contributed by atoms with van der Waals surface area (Å²) in [5, 5.41) is 6.53. The van der Waals surface area contributed by atoms with Gasteiger partial charge in [-0.15, -0.1) is 0 Å². The fourth-order valence-corrected chi connectivity index (χ4v) is 2.02. The molecular weight excluding hydrogens is 286 g/mol. The predicted molar refractivity (Wildman–Crippen MR) is 78.3 cm³/mol. The number of hydrazone groups is 1. The third kappa shape index (κ3) is 2.75. The van der Waals surface area contributed by atoms with Crippen LogP contribution >= 0.6 is 0 Å². The van der Waals surface area contributed by atoms with E-state index in [1.165, 1.54) is 12.4 Å². The van der Waals surface area contributed by atoms with Crippen LogP contribution in [0.4, 0.5) is 5.69 Å². The van der Waals surface area contributed by atoms with Gasteiger partial charge in [0.25, 0.3) is 5.91 Å². The van der Waals surface area contributed by atoms with E-state index in [4.69, 9.17) is 0 Å². The van der Waals surface area contributed by atoms with E-state index in [9.17, 15) is 14.4 Å². The van der Waals surface area contributed by atoms with Crippen LogP contribution in [0.25, 0.3) is 0 Å². The molecule has 8 nitrogen and oxygen atoms in total. The lowest BCUT2D eigenvalue weighted by Crippen LogP contribution is -2.25. The molecule has 3 rings (SSSR count). The number of nitrogens with zero attached hydrogens (tertiary/aromatic N) is 2. The molecule has 0 radical (unpaired) electrons. The number of H-pyrrole nitrogens is 1. The van der Waals surface area contributed by atoms with Crippen LogP contribution in [0.3, 0.4) is 0 Å². The number of hydrogen-bond acceptors (Lipinski definition) is 5. The van der Waals surface area contributed by atoms with Crippen molar-refractivity contribution in [3.63, 3.8) is 0 Å². The van der Waals surface area contributed by atoms with Crippen LogP contribution in [0.15, 0.2) is 46.6 Å². The van der Waals surface area contributed by atoms with Gasteiger partial charge < -0.3 is 10.3 Å². The zero-order valence-electron chi connectivity index (χ0n) is 11.3. The molecule has 0 unspecified atom stereocenters. The highest BCUT2D eigenvalue weighted by Crippen LogP contribution is 2.22. The monoisotopic (exact) mass is 297 g/mol. The van der Waals surface area contributed by atoms with Gasteiger partial charge >= 0.3 is 5.69 Å². The third-order valence-electron chi connectivity index (χ3n) is 3.03. The van der Waals surface area contributed by atoms with Gasteiger partial charge in [-0.3, -0.25) is 9.59 Å². The summed E-state index contributed by atoms with van der Waals surface area (Å²) in [5.41, 5.74) is 3.83. The van der Waals surface area contributed by atoms with E-state index in [0.29, 0.717) is 16.8 Å². The van der Waals surface area contributed by atoms with Gasteiger partial charge in [0.05, 0.1) is 12.1 Å². The second-order valence-electron chi connectivity index (χ2n) is 4.60. The first kappa shape index (κ1) is 13.7. The van der Waals surface area contributed by atoms with E-state index in [1.807, 2.05) is 0 Å². The van der Waals surface area contributed by atoms with E-state index in [-0.39, 0.29) is 18.0 Å². The molecule has 1 aromatic carbocycles. The Morgan fingerprint density at radius 2 is 2.09 bits per heavy atom. The fourth-order valence-electron chi connectivity index (χ4n) is 2.02. The van der Waals surface area contributed by atoms with Crippen molar-refractivity contribution in [2.75, 3.05) is 5.32 Å². The highest BCUT2D eigenvalue weighted by Gasteiger charge is 2.25. The van der Waals surface area contributed by atoms with Gasteiger partial charge in [0.15, 0.2) is 5.71 Å². The number of aromatic nitrogens is 2. The van der Waals surface area contributed by atoms with Crippen molar-refractivity contribution >= 4 is 23.2 Å². The summed E-state index contributed by atoms with van der Waals surface area (Å²) in [6.45, 7) is 0. The van der Waals surface area contributed by atoms with Crippen molar-refractivity contribution in [2.24, 2.45) is 5.10 Å². The van der Waals surface area contributed by atoms with Crippen LogP contribution in [0.5, 0.6) is 0 Å². The first-order valence-electron chi connectivity index (χ1n) is 6.44. The number of carbonyl (C=O) groups is 2. The number of rotatable bonds is 3. The summed E-state index contributed by atoms with van der Waals surface area (Å²) in [4.78, 5) is 40.3. The fraction of sp³-hybridized carbons (Fsp3) is 0.0714. The van der Waals surface area contributed by atoms with Crippen LogP contribution in [0.1, 0.15) is 11.1 Å². The van der Waals surface area contributed by atoms with Crippen LogP contribution in [-0.2, 0) is 16.0 Å². The lowest BCUT2D eigenvalue weighted by atomic mass is 10.1. The zero-order valence-corrected chi connectivity index (χ0v) is 11.3. The van der Waals surface area contributed by atoms with E-state index < -0.39 is 11.6 Å². The number of nitrogens with one attached hydrogen (secondary N) is 3. The van der Waals surface area contributed by atoms with E-state index in [1.54, 1.807) is 24.3 Å². The molecule has 2 amide bonds. The lowest BCUT2D eigenvalue weighted by Gasteiger charge is -2.01. The molecule has 0 spiro atoms. The smallest absolute Gasteiger partial charge is 0.320 e. The molecule has 3 N–H and O–H groups in total. The molecule has 22 heavy (non-hydrogen) atoms. The highest BCUT2D eigenvalue weighted by molar-refractivity contribution is 6.53. The SMILES string of the molecule is O=C(Cc1cnc(=O)[nH]c1)N/N=C1\C(=O)Nc2ccccc21. The first-order valence-corrected chi connectivity index (χ1v) is 6.44. The predicted octanol–water partition coefficient (Wildman–Crippen LogP) is -0.215. The van der Waals surface area contributed by atoms with Crippen molar-refractivity contribution in [3.05, 3.63) is 58.3 Å². The summed E-state index contributed by atoms with van der Waals surface area (Å²) in [6, 6.07) is 7.07. The summed E-state index contributed by atoms with van der Waals surface area (Å²) >= 11 is 0. The van der Waals surface area contributed by atoms with Gasteiger partial charge in [0, 0.05) is 18.0 Å². The summed E-state index contributed by atoms with van der Waals surface area (Å²) in [5.74, 6) is -0.786. The molecule has 0 saturated carbocycles. The van der Waals surface area contributed by atoms with Crippen molar-refractivity contribution < 1.29 is 9.59 Å². The normalized spacial score (nSPS) is 14.5. The molecule has 0 fully saturated rings. The molecule has 1 aliphatic heterocycles. The molecule has 0 bridgehead atoms. The van der Waals surface area contributed by atoms with Gasteiger partial charge in [-0.25, -0.2) is 15.2 Å². The van der Waals surface area contributed by atoms with Crippen LogP contribution in [-0.4, -0.2) is 27.5 Å². The average molecular weight is 297 g/mol. The minimum atomic E-state index is -0.483. The second-order valence-corrected chi connectivity index (χ2v) is 4.60. The maximum Gasteiger partial charge on any atom is 0.344 e. The largest absolute Gasteiger partial charge is 0.344 e. The van der Waals surface area contributed by atoms with Crippen molar-refractivity contribution in [1.29, 1.82) is 0 Å². The Morgan fingerprint density at radius 1 is 1.27 bits per heavy atom. The van der Waals surface area contributed by atoms with E-state index in [2.05, 4.69) is 25.8 Å². The van der Waals surface area contributed by atoms with Crippen LogP contribution < -0.4 is 16.4 Å². The number of carbonyl (C=O) groups excluding carboxylic acids is 2. The maximum atomic E-state index is 11.8. The molecule has 1 aliphatic rings. The minimum absolute atomic E-state index is 0.0101. The zero-order chi connectivity index (χ0) is 15.5. The molecule has 8 heteroatoms. The molecule has 2 aromatic rings. The van der Waals surface area contributed by atoms with Crippen molar-refractivity contribution in [1.82, 2.24) is 15.4 Å². The number of fused-ring (bicyclic) bond motifs is 1. The Kier molecular flexibility index (Phi) is 3.48. The second kappa shape index (κ2) is 5.60. The molecule has 0 aliphatic carbocycles. The Bertz CT molecular complexity index is 820. The van der Waals surface area contributed by atoms with Crippen LogP contribution in [0, 0.1) is 0 Å². The van der Waals surface area contributed by atoms with Gasteiger partial charge in [-0.05, 0) is 11.6 Å². The standard InChI is InChI=1S/C14H11N5O3/c20-11(5-8-6-15-14(22)16-7-8)18-19-12-9-3-1-2-4-10(9)17-13(12)21/h1-4,6-7H,5H2,(H,18,20)(H,15,16,22)(H,17,19,21). The molecule has 1 aromatic heterocycles. The molecular formula is C14H11N5O3. The molecule has 2 heterocycles. The van der Waals surface area contributed by atoms with Gasteiger partial charge in [0.1, 0.15) is 0 Å². The summed E-state index contributed by atoms with van der Waals surface area (Å²) in [7, 11) is 0. The Labute approximate surface area is 124 Å². The van der Waals surface area contributed by atoms with E-state index >= 15 is 0 Å². The van der Waals surface area contributed by atoms with E-state index in [0.717, 1.165) is 0 Å². The van der Waals surface area contributed by atoms with Crippen molar-refractivity contribution in [3.8, 4) is 0 Å². The average Bonchev–Trinajstić information content (AvgIpc) is 2.83. The molecule has 0 atom stereocenters. The summed E-state index contributed by atoms with van der Waals surface area (Å²) < 4.78 is 0. The number of para-hydroxylation sites is 1. The Morgan fingerprint density at radius 3 is 2.86 bits per heavy atom. The van der Waals surface area contributed by atoms with Crippen LogP contribution in [0.2, 0.25) is 0 Å². The quantitative estimate of drug-likeness (QED) is 0.679.